The minimum Gasteiger partial charge on any atom is -0.424 e. The van der Waals surface area contributed by atoms with Crippen LogP contribution >= 0.6 is 0 Å². The zero-order valence-corrected chi connectivity index (χ0v) is 13.3. The van der Waals surface area contributed by atoms with Crippen molar-refractivity contribution in [2.24, 2.45) is 0 Å². The molecule has 10 nitrogen and oxygen atoms in total. The van der Waals surface area contributed by atoms with Crippen molar-refractivity contribution in [3.8, 4) is 18.8 Å². The van der Waals surface area contributed by atoms with Gasteiger partial charge in [0.1, 0.15) is 0 Å². The fourth-order valence-corrected chi connectivity index (χ4v) is 1.45. The molecule has 0 saturated heterocycles. The number of nitriles is 3. The number of esters is 2. The topological polar surface area (TPSA) is 152 Å². The van der Waals surface area contributed by atoms with Gasteiger partial charge in [-0.05, 0) is 0 Å². The summed E-state index contributed by atoms with van der Waals surface area (Å²) in [5, 5.41) is 25.3. The molecule has 3 atom stereocenters. The molecule has 0 N–H and O–H groups in total. The van der Waals surface area contributed by atoms with E-state index in [9.17, 15) is 9.59 Å². The van der Waals surface area contributed by atoms with Gasteiger partial charge in [-0.1, -0.05) is 13.8 Å². The van der Waals surface area contributed by atoms with Crippen LogP contribution in [-0.4, -0.2) is 30.6 Å². The van der Waals surface area contributed by atoms with E-state index in [-0.39, 0.29) is 25.7 Å². The molecule has 24 heavy (non-hydrogen) atoms. The normalized spacial score (nSPS) is 13.0. The van der Waals surface area contributed by atoms with E-state index in [2.05, 4.69) is 14.2 Å². The third-order valence-corrected chi connectivity index (χ3v) is 2.61. The number of nitrogens with zero attached hydrogens (tertiary/aromatic N) is 3. The van der Waals surface area contributed by atoms with E-state index >= 15 is 0 Å². The molecule has 10 heteroatoms. The lowest BCUT2D eigenvalue weighted by molar-refractivity contribution is -0.178. The zero-order valence-electron chi connectivity index (χ0n) is 13.3. The Morgan fingerprint density at radius 3 is 1.83 bits per heavy atom. The lowest BCUT2D eigenvalue weighted by Gasteiger charge is -2.17. The Morgan fingerprint density at radius 2 is 1.38 bits per heavy atom. The van der Waals surface area contributed by atoms with Crippen LogP contribution in [0.3, 0.4) is 0 Å². The average molecular weight is 339 g/mol. The van der Waals surface area contributed by atoms with Crippen molar-refractivity contribution in [3.05, 3.63) is 0 Å². The highest BCUT2D eigenvalue weighted by Crippen LogP contribution is 2.11. The van der Waals surface area contributed by atoms with Gasteiger partial charge in [-0.3, -0.25) is 4.79 Å². The van der Waals surface area contributed by atoms with E-state index in [1.54, 1.807) is 13.8 Å². The van der Waals surface area contributed by atoms with Gasteiger partial charge < -0.3 is 23.7 Å². The van der Waals surface area contributed by atoms with Crippen LogP contribution in [0.1, 0.15) is 39.5 Å². The van der Waals surface area contributed by atoms with Crippen molar-refractivity contribution in [3.63, 3.8) is 0 Å². The molecule has 0 bridgehead atoms. The molecule has 0 amide bonds. The molecule has 130 valence electrons. The fraction of sp³-hybridized carbons (Fsp3) is 0.643. The highest BCUT2D eigenvalue weighted by molar-refractivity contribution is 5.76. The third-order valence-electron chi connectivity index (χ3n) is 2.61. The van der Waals surface area contributed by atoms with Crippen LogP contribution in [0.4, 0.5) is 0 Å². The van der Waals surface area contributed by atoms with Crippen LogP contribution in [0.15, 0.2) is 0 Å². The summed E-state index contributed by atoms with van der Waals surface area (Å²) in [6, 6.07) is 0. The molecule has 0 rings (SSSR count). The minimum absolute atomic E-state index is 0.197. The maximum Gasteiger partial charge on any atom is 0.351 e. The smallest absolute Gasteiger partial charge is 0.351 e. The average Bonchev–Trinajstić information content (AvgIpc) is 2.57. The number of hydrogen-bond acceptors (Lipinski definition) is 10. The van der Waals surface area contributed by atoms with Crippen LogP contribution in [0.5, 0.6) is 0 Å². The molecule has 0 aromatic heterocycles. The molecule has 3 unspecified atom stereocenters. The second kappa shape index (κ2) is 12.4. The summed E-state index contributed by atoms with van der Waals surface area (Å²) in [4.78, 5) is 23.5. The summed E-state index contributed by atoms with van der Waals surface area (Å²) < 4.78 is 23.2. The van der Waals surface area contributed by atoms with Gasteiger partial charge in [-0.15, -0.1) is 0 Å². The fourth-order valence-electron chi connectivity index (χ4n) is 1.45. The van der Waals surface area contributed by atoms with Gasteiger partial charge >= 0.3 is 11.9 Å². The number of carbonyl (C=O) groups is 2. The first-order valence-electron chi connectivity index (χ1n) is 7.06. The van der Waals surface area contributed by atoms with Gasteiger partial charge in [0.2, 0.25) is 6.10 Å². The van der Waals surface area contributed by atoms with Crippen molar-refractivity contribution in [2.75, 3.05) is 0 Å². The standard InChI is InChI=1S/C14H17N3O7/c1-3-12(21-8-16)23-11(18)6-5-10(20-7-15)14(19)24-13(4-2)22-9-17/h10,12-13H,3-6H2,1-2H3. The summed E-state index contributed by atoms with van der Waals surface area (Å²) in [5.41, 5.74) is 0. The molecule has 0 aromatic carbocycles. The molecule has 0 spiro atoms. The SMILES string of the molecule is CCC(OC#N)OC(=O)CCC(OC#N)C(=O)OC(CC)OC#N. The largest absolute Gasteiger partial charge is 0.424 e. The number of ether oxygens (including phenoxy) is 5. The summed E-state index contributed by atoms with van der Waals surface area (Å²) in [6.45, 7) is 3.27. The quantitative estimate of drug-likeness (QED) is 0.305. The number of carbonyl (C=O) groups excluding carboxylic acids is 2. The van der Waals surface area contributed by atoms with Gasteiger partial charge in [0, 0.05) is 25.7 Å². The van der Waals surface area contributed by atoms with Crippen molar-refractivity contribution in [1.29, 1.82) is 15.8 Å². The molecule has 0 aromatic rings. The van der Waals surface area contributed by atoms with Crippen molar-refractivity contribution in [2.45, 2.75) is 58.2 Å². The van der Waals surface area contributed by atoms with Gasteiger partial charge in [-0.2, -0.15) is 15.8 Å². The highest BCUT2D eigenvalue weighted by atomic mass is 16.7. The molecule has 0 aliphatic rings. The second-order valence-corrected chi connectivity index (χ2v) is 4.26. The Labute approximate surface area is 139 Å². The third kappa shape index (κ3) is 8.30. The van der Waals surface area contributed by atoms with Crippen LogP contribution in [0.25, 0.3) is 0 Å². The predicted octanol–water partition coefficient (Wildman–Crippen LogP) is 1.19. The van der Waals surface area contributed by atoms with Crippen LogP contribution in [-0.2, 0) is 33.3 Å². The molecule has 0 fully saturated rings. The molecular weight excluding hydrogens is 322 g/mol. The monoisotopic (exact) mass is 339 g/mol. The Morgan fingerprint density at radius 1 is 0.875 bits per heavy atom. The zero-order chi connectivity index (χ0) is 18.4. The van der Waals surface area contributed by atoms with E-state index in [0.29, 0.717) is 0 Å². The highest BCUT2D eigenvalue weighted by Gasteiger charge is 2.27. The molecule has 0 radical (unpaired) electrons. The van der Waals surface area contributed by atoms with E-state index in [1.165, 1.54) is 18.8 Å². The lowest BCUT2D eigenvalue weighted by atomic mass is 10.2. The van der Waals surface area contributed by atoms with Gasteiger partial charge in [0.25, 0.3) is 31.3 Å². The Bertz CT molecular complexity index is 532. The Kier molecular flexibility index (Phi) is 10.7. The van der Waals surface area contributed by atoms with E-state index in [1.807, 2.05) is 0 Å². The Balaban J connectivity index is 4.55. The van der Waals surface area contributed by atoms with E-state index in [0.717, 1.165) is 0 Å². The minimum atomic E-state index is -1.35. The summed E-state index contributed by atoms with van der Waals surface area (Å²) >= 11 is 0. The molecule has 0 saturated carbocycles. The van der Waals surface area contributed by atoms with Gasteiger partial charge in [0.05, 0.1) is 0 Å². The molecule has 0 heterocycles. The van der Waals surface area contributed by atoms with Crippen molar-refractivity contribution < 1.29 is 33.3 Å². The maximum absolute atomic E-state index is 11.9. The van der Waals surface area contributed by atoms with E-state index < -0.39 is 30.6 Å². The summed E-state index contributed by atoms with van der Waals surface area (Å²) in [7, 11) is 0. The molecular formula is C14H17N3O7. The van der Waals surface area contributed by atoms with E-state index in [4.69, 9.17) is 25.3 Å². The van der Waals surface area contributed by atoms with Gasteiger partial charge in [-0.25, -0.2) is 4.79 Å². The first-order valence-corrected chi connectivity index (χ1v) is 7.06. The molecule has 0 aliphatic heterocycles. The lowest BCUT2D eigenvalue weighted by Crippen LogP contribution is -2.31. The van der Waals surface area contributed by atoms with Crippen LogP contribution in [0, 0.1) is 34.6 Å². The first kappa shape index (κ1) is 20.8. The Hall–Kier alpha value is -3.19. The van der Waals surface area contributed by atoms with Crippen LogP contribution in [0.2, 0.25) is 0 Å². The second-order valence-electron chi connectivity index (χ2n) is 4.26. The van der Waals surface area contributed by atoms with Crippen molar-refractivity contribution in [1.82, 2.24) is 0 Å². The van der Waals surface area contributed by atoms with Crippen molar-refractivity contribution >= 4 is 11.9 Å². The summed E-state index contributed by atoms with van der Waals surface area (Å²) in [6.07, 6.45) is 0.674. The number of rotatable bonds is 11. The van der Waals surface area contributed by atoms with Crippen LogP contribution < -0.4 is 0 Å². The predicted molar refractivity (Wildman–Crippen MR) is 73.5 cm³/mol. The first-order chi connectivity index (χ1) is 11.5. The maximum atomic E-state index is 11.9. The summed E-state index contributed by atoms with van der Waals surface area (Å²) in [5.74, 6) is -1.69. The van der Waals surface area contributed by atoms with Gasteiger partial charge in [0.15, 0.2) is 0 Å². The molecule has 0 aliphatic carbocycles. The number of hydrogen-bond donors (Lipinski definition) is 0.